The van der Waals surface area contributed by atoms with Crippen LogP contribution >= 0.6 is 0 Å². The van der Waals surface area contributed by atoms with Gasteiger partial charge in [-0.15, -0.1) is 0 Å². The topological polar surface area (TPSA) is 56.9 Å². The van der Waals surface area contributed by atoms with Crippen molar-refractivity contribution < 1.29 is 9.50 Å². The molecule has 1 heterocycles. The average molecular weight is 290 g/mol. The summed E-state index contributed by atoms with van der Waals surface area (Å²) in [6.45, 7) is 6.23. The largest absolute Gasteiger partial charge is 0.382 e. The minimum atomic E-state index is -1.33. The van der Waals surface area contributed by atoms with Crippen molar-refractivity contribution in [3.63, 3.8) is 0 Å². The molecule has 1 atom stereocenters. The molecule has 0 bridgehead atoms. The molecule has 0 spiro atoms. The molecule has 1 saturated carbocycles. The number of aliphatic hydroxyl groups is 1. The van der Waals surface area contributed by atoms with Crippen molar-refractivity contribution in [1.82, 2.24) is 4.98 Å². The van der Waals surface area contributed by atoms with Crippen molar-refractivity contribution >= 4 is 0 Å². The molecule has 0 aliphatic heterocycles. The van der Waals surface area contributed by atoms with Crippen LogP contribution in [0.5, 0.6) is 0 Å². The van der Waals surface area contributed by atoms with Crippen LogP contribution in [0, 0.1) is 28.0 Å². The third kappa shape index (κ3) is 2.67. The second kappa shape index (κ2) is 5.38. The molecule has 0 saturated heterocycles. The summed E-state index contributed by atoms with van der Waals surface area (Å²) in [7, 11) is 0. The molecule has 1 aromatic rings. The van der Waals surface area contributed by atoms with Crippen molar-refractivity contribution in [2.75, 3.05) is 0 Å². The van der Waals surface area contributed by atoms with E-state index in [1.54, 1.807) is 0 Å². The number of hydrogen-bond donors (Lipinski definition) is 1. The van der Waals surface area contributed by atoms with Crippen LogP contribution in [-0.2, 0) is 5.60 Å². The van der Waals surface area contributed by atoms with E-state index in [1.165, 1.54) is 12.1 Å². The first-order valence-corrected chi connectivity index (χ1v) is 7.54. The Morgan fingerprint density at radius 1 is 1.33 bits per heavy atom. The minimum absolute atomic E-state index is 0.200. The number of rotatable bonds is 3. The minimum Gasteiger partial charge on any atom is -0.382 e. The zero-order valence-electron chi connectivity index (χ0n) is 13.0. The summed E-state index contributed by atoms with van der Waals surface area (Å²) in [4.78, 5) is 4.05. The highest BCUT2D eigenvalue weighted by molar-refractivity contribution is 5.24. The number of hydrogen-bond acceptors (Lipinski definition) is 3. The van der Waals surface area contributed by atoms with Gasteiger partial charge in [-0.3, -0.25) is 4.98 Å². The highest BCUT2D eigenvalue weighted by Gasteiger charge is 2.54. The fraction of sp³-hybridized carbons (Fsp3) is 0.647. The van der Waals surface area contributed by atoms with Gasteiger partial charge in [0.15, 0.2) is 0 Å². The van der Waals surface area contributed by atoms with Crippen molar-refractivity contribution in [2.24, 2.45) is 10.8 Å². The predicted octanol–water partition coefficient (Wildman–Crippen LogP) is 3.93. The van der Waals surface area contributed by atoms with Gasteiger partial charge >= 0.3 is 0 Å². The number of pyridine rings is 1. The molecule has 0 aromatic carbocycles. The van der Waals surface area contributed by atoms with Crippen LogP contribution in [0.25, 0.3) is 0 Å². The predicted molar refractivity (Wildman–Crippen MR) is 78.7 cm³/mol. The van der Waals surface area contributed by atoms with Gasteiger partial charge in [-0.2, -0.15) is 5.26 Å². The number of halogens is 1. The monoisotopic (exact) mass is 290 g/mol. The Balaban J connectivity index is 2.42. The highest BCUT2D eigenvalue weighted by Crippen LogP contribution is 2.54. The molecular formula is C17H23FN2O. The van der Waals surface area contributed by atoms with E-state index in [-0.39, 0.29) is 5.41 Å². The summed E-state index contributed by atoms with van der Waals surface area (Å²) < 4.78 is 13.1. The first-order chi connectivity index (χ1) is 9.78. The summed E-state index contributed by atoms with van der Waals surface area (Å²) in [5.74, 6) is -0.437. The summed E-state index contributed by atoms with van der Waals surface area (Å²) in [5, 5.41) is 21.0. The lowest BCUT2D eigenvalue weighted by molar-refractivity contribution is -0.0973. The second-order valence-corrected chi connectivity index (χ2v) is 6.93. The molecule has 114 valence electrons. The van der Waals surface area contributed by atoms with Crippen molar-refractivity contribution in [2.45, 2.75) is 58.5 Å². The number of nitriles is 1. The molecule has 1 fully saturated rings. The van der Waals surface area contributed by atoms with Gasteiger partial charge in [0.1, 0.15) is 11.4 Å². The van der Waals surface area contributed by atoms with E-state index < -0.39 is 16.8 Å². The first-order valence-electron chi connectivity index (χ1n) is 7.54. The molecule has 21 heavy (non-hydrogen) atoms. The number of aromatic nitrogens is 1. The van der Waals surface area contributed by atoms with E-state index in [4.69, 9.17) is 0 Å². The second-order valence-electron chi connectivity index (χ2n) is 6.93. The Labute approximate surface area is 125 Å². The van der Waals surface area contributed by atoms with E-state index in [1.807, 2.05) is 6.92 Å². The lowest BCUT2D eigenvalue weighted by Crippen LogP contribution is -2.48. The van der Waals surface area contributed by atoms with Gasteiger partial charge in [0.2, 0.25) is 0 Å². The van der Waals surface area contributed by atoms with Gasteiger partial charge in [0, 0.05) is 0 Å². The summed E-state index contributed by atoms with van der Waals surface area (Å²) >= 11 is 0. The van der Waals surface area contributed by atoms with Crippen LogP contribution in [0.3, 0.4) is 0 Å². The Morgan fingerprint density at radius 3 is 2.38 bits per heavy atom. The van der Waals surface area contributed by atoms with Crippen LogP contribution in [-0.4, -0.2) is 10.1 Å². The normalized spacial score (nSPS) is 23.0. The zero-order chi connectivity index (χ0) is 15.7. The van der Waals surface area contributed by atoms with Crippen LogP contribution in [0.15, 0.2) is 18.3 Å². The van der Waals surface area contributed by atoms with Gasteiger partial charge in [-0.1, -0.05) is 20.8 Å². The van der Waals surface area contributed by atoms with Gasteiger partial charge in [0.05, 0.1) is 23.4 Å². The van der Waals surface area contributed by atoms with E-state index >= 15 is 0 Å². The molecule has 2 rings (SSSR count). The van der Waals surface area contributed by atoms with Gasteiger partial charge in [-0.05, 0) is 49.7 Å². The van der Waals surface area contributed by atoms with E-state index in [0.29, 0.717) is 25.0 Å². The third-order valence-corrected chi connectivity index (χ3v) is 5.13. The fourth-order valence-corrected chi connectivity index (χ4v) is 3.36. The molecule has 1 aliphatic rings. The Kier molecular flexibility index (Phi) is 4.08. The van der Waals surface area contributed by atoms with Crippen molar-refractivity contribution in [3.05, 3.63) is 29.8 Å². The zero-order valence-corrected chi connectivity index (χ0v) is 13.0. The molecule has 1 N–H and O–H groups in total. The lowest BCUT2D eigenvalue weighted by Gasteiger charge is -2.48. The standard InChI is InChI=1S/C17H23FN2O/c1-4-17(21,14-6-5-13(18)11-20-14)16(12-19)9-7-15(2,3)8-10-16/h5-6,11,21H,4,7-10H2,1-3H3. The maximum absolute atomic E-state index is 13.1. The average Bonchev–Trinajstić information content (AvgIpc) is 2.48. The SMILES string of the molecule is CCC(O)(c1ccc(F)cn1)C1(C#N)CCC(C)(C)CC1. The molecule has 4 heteroatoms. The smallest absolute Gasteiger partial charge is 0.141 e. The van der Waals surface area contributed by atoms with E-state index in [0.717, 1.165) is 19.0 Å². The van der Waals surface area contributed by atoms with E-state index in [2.05, 4.69) is 24.9 Å². The Hall–Kier alpha value is -1.47. The summed E-state index contributed by atoms with van der Waals surface area (Å²) in [5.41, 5.74) is -1.58. The van der Waals surface area contributed by atoms with Gasteiger partial charge < -0.3 is 5.11 Å². The molecule has 0 amide bonds. The molecular weight excluding hydrogens is 267 g/mol. The molecule has 1 aliphatic carbocycles. The Bertz CT molecular complexity index is 537. The van der Waals surface area contributed by atoms with Crippen molar-refractivity contribution in [1.29, 1.82) is 5.26 Å². The van der Waals surface area contributed by atoms with Crippen LogP contribution in [0.2, 0.25) is 0 Å². The quantitative estimate of drug-likeness (QED) is 0.917. The molecule has 0 radical (unpaired) electrons. The summed E-state index contributed by atoms with van der Waals surface area (Å²) in [6.07, 6.45) is 4.56. The fourth-order valence-electron chi connectivity index (χ4n) is 3.36. The maximum Gasteiger partial charge on any atom is 0.141 e. The molecule has 1 aromatic heterocycles. The van der Waals surface area contributed by atoms with Gasteiger partial charge in [0.25, 0.3) is 0 Å². The Morgan fingerprint density at radius 2 is 1.95 bits per heavy atom. The first kappa shape index (κ1) is 15.9. The lowest BCUT2D eigenvalue weighted by atomic mass is 9.57. The van der Waals surface area contributed by atoms with Crippen molar-refractivity contribution in [3.8, 4) is 6.07 Å². The van der Waals surface area contributed by atoms with Crippen LogP contribution in [0.1, 0.15) is 58.6 Å². The van der Waals surface area contributed by atoms with Gasteiger partial charge in [-0.25, -0.2) is 4.39 Å². The molecule has 3 nitrogen and oxygen atoms in total. The third-order valence-electron chi connectivity index (χ3n) is 5.13. The highest BCUT2D eigenvalue weighted by atomic mass is 19.1. The van der Waals surface area contributed by atoms with E-state index in [9.17, 15) is 14.8 Å². The molecule has 1 unspecified atom stereocenters. The van der Waals surface area contributed by atoms with Crippen LogP contribution < -0.4 is 0 Å². The number of nitrogens with zero attached hydrogens (tertiary/aromatic N) is 2. The van der Waals surface area contributed by atoms with Crippen LogP contribution in [0.4, 0.5) is 4.39 Å². The summed E-state index contributed by atoms with van der Waals surface area (Å²) in [6, 6.07) is 5.17. The maximum atomic E-state index is 13.1.